The van der Waals surface area contributed by atoms with Gasteiger partial charge in [0, 0.05) is 6.42 Å². The second-order valence-electron chi connectivity index (χ2n) is 2.71. The fraction of sp³-hybridized carbons (Fsp3) is 0.714. The molecule has 0 saturated carbocycles. The number of halogens is 3. The van der Waals surface area contributed by atoms with Crippen molar-refractivity contribution in [3.8, 4) is 0 Å². The lowest BCUT2D eigenvalue weighted by Crippen LogP contribution is -2.08. The smallest absolute Gasteiger partial charge is 0.417 e. The molecule has 1 heterocycles. The van der Waals surface area contributed by atoms with Crippen molar-refractivity contribution in [2.24, 2.45) is 0 Å². The molecule has 80 valence electrons. The first-order valence-corrected chi connectivity index (χ1v) is 4.08. The van der Waals surface area contributed by atoms with E-state index in [4.69, 9.17) is 0 Å². The second kappa shape index (κ2) is 4.41. The molecule has 1 aromatic rings. The molecular weight excluding hydrogens is 199 g/mol. The van der Waals surface area contributed by atoms with Gasteiger partial charge >= 0.3 is 12.1 Å². The number of hydrogen-bond acceptors (Lipinski definition) is 4. The molecule has 0 fully saturated rings. The highest BCUT2D eigenvalue weighted by molar-refractivity contribution is 4.86. The quantitative estimate of drug-likeness (QED) is 0.758. The molecule has 1 N–H and O–H groups in total. The Hall–Kier alpha value is -1.11. The molecule has 14 heavy (non-hydrogen) atoms. The average molecular weight is 209 g/mol. The minimum atomic E-state index is -4.55. The summed E-state index contributed by atoms with van der Waals surface area (Å²) in [7, 11) is 1.76. The van der Waals surface area contributed by atoms with Crippen LogP contribution in [0.5, 0.6) is 0 Å². The lowest BCUT2D eigenvalue weighted by atomic mass is 10.3. The lowest BCUT2D eigenvalue weighted by molar-refractivity contribution is -0.157. The minimum absolute atomic E-state index is 0.0209. The van der Waals surface area contributed by atoms with Crippen molar-refractivity contribution >= 4 is 0 Å². The monoisotopic (exact) mass is 209 g/mol. The van der Waals surface area contributed by atoms with Crippen LogP contribution in [0.1, 0.15) is 18.2 Å². The summed E-state index contributed by atoms with van der Waals surface area (Å²) in [6.45, 7) is 0.698. The summed E-state index contributed by atoms with van der Waals surface area (Å²) in [5.41, 5.74) is 0. The van der Waals surface area contributed by atoms with Gasteiger partial charge in [0.2, 0.25) is 5.89 Å². The molecule has 7 heteroatoms. The molecule has 0 aliphatic rings. The van der Waals surface area contributed by atoms with E-state index in [0.29, 0.717) is 19.4 Å². The second-order valence-corrected chi connectivity index (χ2v) is 2.71. The molecule has 0 bridgehead atoms. The van der Waals surface area contributed by atoms with Crippen LogP contribution in [0.25, 0.3) is 0 Å². The van der Waals surface area contributed by atoms with E-state index in [1.807, 2.05) is 0 Å². The maximum atomic E-state index is 12.0. The van der Waals surface area contributed by atoms with Crippen LogP contribution >= 0.6 is 0 Å². The maximum absolute atomic E-state index is 12.0. The number of nitrogens with one attached hydrogen (secondary N) is 1. The van der Waals surface area contributed by atoms with Gasteiger partial charge < -0.3 is 9.73 Å². The highest BCUT2D eigenvalue weighted by atomic mass is 19.4. The zero-order valence-corrected chi connectivity index (χ0v) is 7.56. The topological polar surface area (TPSA) is 51.0 Å². The zero-order valence-electron chi connectivity index (χ0n) is 7.56. The van der Waals surface area contributed by atoms with Gasteiger partial charge in [0.05, 0.1) is 0 Å². The van der Waals surface area contributed by atoms with Crippen molar-refractivity contribution in [1.29, 1.82) is 0 Å². The molecule has 0 atom stereocenters. The van der Waals surface area contributed by atoms with E-state index < -0.39 is 12.1 Å². The molecule has 0 aliphatic heterocycles. The predicted octanol–water partition coefficient (Wildman–Crippen LogP) is 1.24. The van der Waals surface area contributed by atoms with Crippen molar-refractivity contribution in [3.05, 3.63) is 11.8 Å². The Bertz CT molecular complexity index is 284. The number of alkyl halides is 3. The van der Waals surface area contributed by atoms with E-state index >= 15 is 0 Å². The normalized spacial score (nSPS) is 12.0. The van der Waals surface area contributed by atoms with E-state index in [-0.39, 0.29) is 5.89 Å². The van der Waals surface area contributed by atoms with Crippen molar-refractivity contribution in [1.82, 2.24) is 15.5 Å². The van der Waals surface area contributed by atoms with Crippen molar-refractivity contribution < 1.29 is 17.6 Å². The number of aryl methyl sites for hydroxylation is 1. The van der Waals surface area contributed by atoms with Gasteiger partial charge in [0.25, 0.3) is 0 Å². The molecule has 0 saturated heterocycles. The molecule has 0 aromatic carbocycles. The first kappa shape index (κ1) is 11.0. The van der Waals surface area contributed by atoms with Gasteiger partial charge in [-0.15, -0.1) is 10.2 Å². The van der Waals surface area contributed by atoms with Gasteiger partial charge in [-0.3, -0.25) is 0 Å². The van der Waals surface area contributed by atoms with Crippen LogP contribution in [-0.4, -0.2) is 23.8 Å². The van der Waals surface area contributed by atoms with Crippen LogP contribution in [0.15, 0.2) is 4.42 Å². The maximum Gasteiger partial charge on any atom is 0.470 e. The van der Waals surface area contributed by atoms with Crippen LogP contribution in [-0.2, 0) is 12.6 Å². The van der Waals surface area contributed by atoms with Gasteiger partial charge in [-0.1, -0.05) is 0 Å². The fourth-order valence-electron chi connectivity index (χ4n) is 0.886. The molecule has 0 unspecified atom stereocenters. The van der Waals surface area contributed by atoms with E-state index in [1.165, 1.54) is 0 Å². The third-order valence-corrected chi connectivity index (χ3v) is 1.53. The summed E-state index contributed by atoms with van der Waals surface area (Å²) in [5, 5.41) is 9.06. The Labute approximate surface area is 78.5 Å². The first-order chi connectivity index (χ1) is 6.54. The zero-order chi connectivity index (χ0) is 10.6. The number of nitrogens with zero attached hydrogens (tertiary/aromatic N) is 2. The molecule has 1 rings (SSSR count). The molecule has 0 radical (unpaired) electrons. The van der Waals surface area contributed by atoms with Crippen LogP contribution in [0.3, 0.4) is 0 Å². The van der Waals surface area contributed by atoms with Gasteiger partial charge in [-0.05, 0) is 20.0 Å². The summed E-state index contributed by atoms with van der Waals surface area (Å²) < 4.78 is 40.4. The van der Waals surface area contributed by atoms with Gasteiger partial charge in [0.15, 0.2) is 0 Å². The first-order valence-electron chi connectivity index (χ1n) is 4.08. The van der Waals surface area contributed by atoms with E-state index in [9.17, 15) is 13.2 Å². The minimum Gasteiger partial charge on any atom is -0.417 e. The van der Waals surface area contributed by atoms with E-state index in [1.54, 1.807) is 7.05 Å². The largest absolute Gasteiger partial charge is 0.470 e. The Balaban J connectivity index is 2.51. The summed E-state index contributed by atoms with van der Waals surface area (Å²) >= 11 is 0. The summed E-state index contributed by atoms with van der Waals surface area (Å²) in [6.07, 6.45) is -3.53. The Kier molecular flexibility index (Phi) is 3.45. The third kappa shape index (κ3) is 2.99. The fourth-order valence-corrected chi connectivity index (χ4v) is 0.886. The molecule has 4 nitrogen and oxygen atoms in total. The van der Waals surface area contributed by atoms with Crippen molar-refractivity contribution in [3.63, 3.8) is 0 Å². The molecule has 1 aromatic heterocycles. The molecule has 0 amide bonds. The van der Waals surface area contributed by atoms with Crippen molar-refractivity contribution in [2.45, 2.75) is 19.0 Å². The summed E-state index contributed by atoms with van der Waals surface area (Å²) in [5.74, 6) is -1.26. The third-order valence-electron chi connectivity index (χ3n) is 1.53. The Morgan fingerprint density at radius 2 is 2.07 bits per heavy atom. The number of aromatic nitrogens is 2. The number of rotatable bonds is 4. The van der Waals surface area contributed by atoms with Crippen molar-refractivity contribution in [2.75, 3.05) is 13.6 Å². The van der Waals surface area contributed by atoms with Crippen LogP contribution in [0, 0.1) is 0 Å². The van der Waals surface area contributed by atoms with E-state index in [2.05, 4.69) is 19.9 Å². The molecular formula is C7H10F3N3O. The molecule has 0 spiro atoms. The number of hydrogen-bond donors (Lipinski definition) is 1. The average Bonchev–Trinajstić information content (AvgIpc) is 2.52. The van der Waals surface area contributed by atoms with Crippen LogP contribution in [0.4, 0.5) is 13.2 Å². The molecule has 0 aliphatic carbocycles. The highest BCUT2D eigenvalue weighted by Gasteiger charge is 2.37. The summed E-state index contributed by atoms with van der Waals surface area (Å²) in [6, 6.07) is 0. The lowest BCUT2D eigenvalue weighted by Gasteiger charge is -1.97. The van der Waals surface area contributed by atoms with Crippen LogP contribution in [0.2, 0.25) is 0 Å². The van der Waals surface area contributed by atoms with Gasteiger partial charge in [-0.25, -0.2) is 0 Å². The Morgan fingerprint density at radius 3 is 2.57 bits per heavy atom. The van der Waals surface area contributed by atoms with Gasteiger partial charge in [0.1, 0.15) is 0 Å². The van der Waals surface area contributed by atoms with Crippen LogP contribution < -0.4 is 5.32 Å². The SMILES string of the molecule is CNCCCc1nnc(C(F)(F)F)o1. The highest BCUT2D eigenvalue weighted by Crippen LogP contribution is 2.27. The predicted molar refractivity (Wildman–Crippen MR) is 41.5 cm³/mol. The Morgan fingerprint density at radius 1 is 1.36 bits per heavy atom. The van der Waals surface area contributed by atoms with E-state index in [0.717, 1.165) is 0 Å². The van der Waals surface area contributed by atoms with Gasteiger partial charge in [-0.2, -0.15) is 13.2 Å². The summed E-state index contributed by atoms with van der Waals surface area (Å²) in [4.78, 5) is 0. The standard InChI is InChI=1S/C7H10F3N3O/c1-11-4-2-3-5-12-13-6(14-5)7(8,9)10/h11H,2-4H2,1H3.